The third-order valence-electron chi connectivity index (χ3n) is 2.40. The van der Waals surface area contributed by atoms with E-state index in [0.29, 0.717) is 10.5 Å². The zero-order valence-electron chi connectivity index (χ0n) is 10.0. The molecule has 0 saturated heterocycles. The molecular formula is C12H6BrCl2F2NO2S. The van der Waals surface area contributed by atoms with Crippen LogP contribution in [-0.4, -0.2) is 8.42 Å². The molecule has 0 radical (unpaired) electrons. The number of anilines is 1. The maximum absolute atomic E-state index is 13.5. The highest BCUT2D eigenvalue weighted by atomic mass is 79.9. The molecule has 3 nitrogen and oxygen atoms in total. The number of halogens is 5. The molecule has 0 saturated carbocycles. The number of hydrogen-bond acceptors (Lipinski definition) is 2. The van der Waals surface area contributed by atoms with Gasteiger partial charge in [0, 0.05) is 10.5 Å². The first-order chi connectivity index (χ1) is 9.70. The molecule has 1 N–H and O–H groups in total. The van der Waals surface area contributed by atoms with E-state index in [2.05, 4.69) is 15.9 Å². The molecule has 0 bridgehead atoms. The molecule has 2 rings (SSSR count). The zero-order chi connectivity index (χ0) is 15.8. The monoisotopic (exact) mass is 415 g/mol. The highest BCUT2D eigenvalue weighted by molar-refractivity contribution is 9.10. The number of hydrogen-bond donors (Lipinski definition) is 1. The third kappa shape index (κ3) is 3.66. The number of benzene rings is 2. The summed E-state index contributed by atoms with van der Waals surface area (Å²) in [5.74, 6) is -1.72. The lowest BCUT2D eigenvalue weighted by molar-refractivity contribution is 0.594. The van der Waals surface area contributed by atoms with Crippen LogP contribution in [0.25, 0.3) is 0 Å². The van der Waals surface area contributed by atoms with Crippen molar-refractivity contribution < 1.29 is 17.2 Å². The Morgan fingerprint density at radius 3 is 2.19 bits per heavy atom. The van der Waals surface area contributed by atoms with Gasteiger partial charge in [0.15, 0.2) is 0 Å². The van der Waals surface area contributed by atoms with Crippen LogP contribution in [0, 0.1) is 11.6 Å². The minimum absolute atomic E-state index is 0.154. The predicted molar refractivity (Wildman–Crippen MR) is 81.3 cm³/mol. The van der Waals surface area contributed by atoms with Gasteiger partial charge >= 0.3 is 0 Å². The molecule has 0 heterocycles. The molecule has 0 atom stereocenters. The number of nitrogens with one attached hydrogen (secondary N) is 1. The van der Waals surface area contributed by atoms with Gasteiger partial charge < -0.3 is 0 Å². The van der Waals surface area contributed by atoms with Gasteiger partial charge in [-0.15, -0.1) is 0 Å². The van der Waals surface area contributed by atoms with Crippen LogP contribution in [0.3, 0.4) is 0 Å². The van der Waals surface area contributed by atoms with Crippen LogP contribution in [0.4, 0.5) is 14.5 Å². The van der Waals surface area contributed by atoms with Crippen LogP contribution in [0.5, 0.6) is 0 Å². The van der Waals surface area contributed by atoms with Crippen molar-refractivity contribution in [1.82, 2.24) is 0 Å². The molecule has 0 unspecified atom stereocenters. The highest BCUT2D eigenvalue weighted by Crippen LogP contribution is 2.34. The van der Waals surface area contributed by atoms with Gasteiger partial charge in [0.1, 0.15) is 16.5 Å². The fourth-order valence-corrected chi connectivity index (χ4v) is 4.55. The van der Waals surface area contributed by atoms with Crippen molar-refractivity contribution in [1.29, 1.82) is 0 Å². The van der Waals surface area contributed by atoms with Crippen molar-refractivity contribution in [3.63, 3.8) is 0 Å². The third-order valence-corrected chi connectivity index (χ3v) is 5.15. The summed E-state index contributed by atoms with van der Waals surface area (Å²) in [5.41, 5.74) is -0.537. The summed E-state index contributed by atoms with van der Waals surface area (Å²) >= 11 is 14.8. The van der Waals surface area contributed by atoms with E-state index >= 15 is 0 Å². The molecule has 21 heavy (non-hydrogen) atoms. The first-order valence-corrected chi connectivity index (χ1v) is 8.36. The normalized spacial score (nSPS) is 11.5. The van der Waals surface area contributed by atoms with Gasteiger partial charge in [-0.2, -0.15) is 0 Å². The Morgan fingerprint density at radius 2 is 1.62 bits per heavy atom. The maximum Gasteiger partial charge on any atom is 0.264 e. The second kappa shape index (κ2) is 6.08. The van der Waals surface area contributed by atoms with Crippen LogP contribution in [0.2, 0.25) is 10.0 Å². The van der Waals surface area contributed by atoms with Crippen molar-refractivity contribution in [2.45, 2.75) is 4.90 Å². The molecule has 112 valence electrons. The van der Waals surface area contributed by atoms with Gasteiger partial charge in [0.25, 0.3) is 10.0 Å². The predicted octanol–water partition coefficient (Wildman–Crippen LogP) is 4.83. The summed E-state index contributed by atoms with van der Waals surface area (Å²) in [4.78, 5) is -0.419. The molecular weight excluding hydrogens is 411 g/mol. The fourth-order valence-electron chi connectivity index (χ4n) is 1.56. The summed E-state index contributed by atoms with van der Waals surface area (Å²) in [6.07, 6.45) is 0. The molecule has 0 spiro atoms. The van der Waals surface area contributed by atoms with E-state index in [9.17, 15) is 17.2 Å². The van der Waals surface area contributed by atoms with E-state index in [4.69, 9.17) is 23.2 Å². The fraction of sp³-hybridized carbons (Fsp3) is 0. The van der Waals surface area contributed by atoms with Gasteiger partial charge in [-0.05, 0) is 24.3 Å². The zero-order valence-corrected chi connectivity index (χ0v) is 13.9. The molecule has 0 fully saturated rings. The smallest absolute Gasteiger partial charge is 0.264 e. The Morgan fingerprint density at radius 1 is 1.05 bits per heavy atom. The first kappa shape index (κ1) is 16.5. The van der Waals surface area contributed by atoms with Gasteiger partial charge in [0.05, 0.1) is 15.7 Å². The Labute approximate surface area is 138 Å². The van der Waals surface area contributed by atoms with Gasteiger partial charge in [-0.1, -0.05) is 39.1 Å². The SMILES string of the molecule is O=S(=O)(Nc1cc(F)ccc1F)c1c(Cl)cc(Br)cc1Cl. The second-order valence-corrected chi connectivity index (χ2v) is 7.28. The Hall–Kier alpha value is -0.890. The van der Waals surface area contributed by atoms with Crippen molar-refractivity contribution in [3.05, 3.63) is 56.5 Å². The minimum Gasteiger partial charge on any atom is -0.276 e. The van der Waals surface area contributed by atoms with Crippen molar-refractivity contribution in [2.24, 2.45) is 0 Å². The summed E-state index contributed by atoms with van der Waals surface area (Å²) in [7, 11) is -4.27. The molecule has 0 amide bonds. The van der Waals surface area contributed by atoms with E-state index in [1.807, 2.05) is 4.72 Å². The van der Waals surface area contributed by atoms with Crippen molar-refractivity contribution >= 4 is 54.8 Å². The number of sulfonamides is 1. The van der Waals surface area contributed by atoms with E-state index in [1.54, 1.807) is 0 Å². The summed E-state index contributed by atoms with van der Waals surface area (Å²) in [6.45, 7) is 0. The van der Waals surface area contributed by atoms with Crippen LogP contribution in [0.1, 0.15) is 0 Å². The molecule has 0 aliphatic carbocycles. The minimum atomic E-state index is -4.27. The molecule has 9 heteroatoms. The summed E-state index contributed by atoms with van der Waals surface area (Å²) in [6, 6.07) is 5.03. The van der Waals surface area contributed by atoms with E-state index in [0.717, 1.165) is 12.1 Å². The Kier molecular flexibility index (Phi) is 4.77. The van der Waals surface area contributed by atoms with Crippen molar-refractivity contribution in [3.8, 4) is 0 Å². The largest absolute Gasteiger partial charge is 0.276 e. The molecule has 0 aliphatic heterocycles. The van der Waals surface area contributed by atoms with Crippen LogP contribution in [-0.2, 0) is 10.0 Å². The lowest BCUT2D eigenvalue weighted by Crippen LogP contribution is -2.15. The summed E-state index contributed by atoms with van der Waals surface area (Å²) < 4.78 is 53.5. The molecule has 0 aliphatic rings. The maximum atomic E-state index is 13.5. The summed E-state index contributed by atoms with van der Waals surface area (Å²) in [5, 5.41) is -0.308. The van der Waals surface area contributed by atoms with E-state index in [-0.39, 0.29) is 10.0 Å². The van der Waals surface area contributed by atoms with Crippen LogP contribution in [0.15, 0.2) is 39.7 Å². The first-order valence-electron chi connectivity index (χ1n) is 5.33. The van der Waals surface area contributed by atoms with E-state index < -0.39 is 32.2 Å². The topological polar surface area (TPSA) is 46.2 Å². The lowest BCUT2D eigenvalue weighted by atomic mass is 10.3. The Bertz CT molecular complexity index is 792. The number of rotatable bonds is 3. The van der Waals surface area contributed by atoms with Gasteiger partial charge in [0.2, 0.25) is 0 Å². The Balaban J connectivity index is 2.51. The molecule has 0 aromatic heterocycles. The quantitative estimate of drug-likeness (QED) is 0.778. The highest BCUT2D eigenvalue weighted by Gasteiger charge is 2.23. The van der Waals surface area contributed by atoms with Gasteiger partial charge in [-0.25, -0.2) is 17.2 Å². The standard InChI is InChI=1S/C12H6BrCl2F2NO2S/c13-6-3-8(14)12(9(15)4-6)21(19,20)18-11-5-7(16)1-2-10(11)17/h1-5,18H. The lowest BCUT2D eigenvalue weighted by Gasteiger charge is -2.12. The second-order valence-electron chi connectivity index (χ2n) is 3.93. The van der Waals surface area contributed by atoms with Crippen LogP contribution >= 0.6 is 39.1 Å². The average molecular weight is 417 g/mol. The van der Waals surface area contributed by atoms with Crippen molar-refractivity contribution in [2.75, 3.05) is 4.72 Å². The molecule has 2 aromatic carbocycles. The van der Waals surface area contributed by atoms with E-state index in [1.165, 1.54) is 12.1 Å². The van der Waals surface area contributed by atoms with Crippen LogP contribution < -0.4 is 4.72 Å². The van der Waals surface area contributed by atoms with Gasteiger partial charge in [-0.3, -0.25) is 4.72 Å². The molecule has 2 aromatic rings. The average Bonchev–Trinajstić information content (AvgIpc) is 2.31.